The molecule has 0 spiro atoms. The molecule has 0 aromatic carbocycles. The van der Waals surface area contributed by atoms with Crippen LogP contribution in [-0.4, -0.2) is 15.1 Å². The van der Waals surface area contributed by atoms with E-state index in [2.05, 4.69) is 15.7 Å². The largest absolute Gasteiger partial charge is 0.212 e. The molecule has 0 aliphatic carbocycles. The molecule has 1 N–H and O–H groups in total. The van der Waals surface area contributed by atoms with E-state index < -0.39 is 0 Å². The summed E-state index contributed by atoms with van der Waals surface area (Å²) in [6.45, 7) is 0. The third-order valence-electron chi connectivity index (χ3n) is 0.587. The van der Waals surface area contributed by atoms with Gasteiger partial charge in [-0.2, -0.15) is 10.1 Å². The van der Waals surface area contributed by atoms with Gasteiger partial charge in [0.15, 0.2) is 6.19 Å². The lowest BCUT2D eigenvalue weighted by molar-refractivity contribution is 0.745. The fourth-order valence-corrected chi connectivity index (χ4v) is 0.319. The first-order chi connectivity index (χ1) is 3.93. The zero-order valence-electron chi connectivity index (χ0n) is 3.94. The molecule has 5 heteroatoms. The van der Waals surface area contributed by atoms with Crippen LogP contribution >= 0.6 is 0 Å². The Morgan fingerprint density at radius 2 is 2.62 bits per heavy atom. The van der Waals surface area contributed by atoms with Crippen molar-refractivity contribution in [2.75, 3.05) is 5.43 Å². The van der Waals surface area contributed by atoms with E-state index in [0.29, 0.717) is 0 Å². The average Bonchev–Trinajstić information content (AvgIpc) is 2.19. The SMILES string of the molecule is N#CNn1ccnn1. The summed E-state index contributed by atoms with van der Waals surface area (Å²) < 4.78 is 0. The van der Waals surface area contributed by atoms with E-state index in [-0.39, 0.29) is 0 Å². The number of rotatable bonds is 1. The second kappa shape index (κ2) is 1.93. The first kappa shape index (κ1) is 4.59. The monoisotopic (exact) mass is 109 g/mol. The normalized spacial score (nSPS) is 7.88. The molecule has 0 unspecified atom stereocenters. The molecule has 0 bridgehead atoms. The van der Waals surface area contributed by atoms with Gasteiger partial charge in [-0.25, -0.2) is 5.43 Å². The molecule has 0 saturated heterocycles. The van der Waals surface area contributed by atoms with Crippen LogP contribution in [0.25, 0.3) is 0 Å². The van der Waals surface area contributed by atoms with Crippen molar-refractivity contribution in [3.05, 3.63) is 12.4 Å². The highest BCUT2D eigenvalue weighted by Crippen LogP contribution is 1.69. The molecule has 1 heterocycles. The quantitative estimate of drug-likeness (QED) is 0.382. The van der Waals surface area contributed by atoms with Crippen LogP contribution in [0.1, 0.15) is 0 Å². The molecular weight excluding hydrogens is 106 g/mol. The fraction of sp³-hybridized carbons (Fsp3) is 0. The first-order valence-corrected chi connectivity index (χ1v) is 1.95. The molecule has 8 heavy (non-hydrogen) atoms. The number of nitriles is 1. The highest BCUT2D eigenvalue weighted by atomic mass is 15.6. The van der Waals surface area contributed by atoms with Gasteiger partial charge in [0.05, 0.1) is 12.4 Å². The van der Waals surface area contributed by atoms with Gasteiger partial charge in [0.2, 0.25) is 0 Å². The summed E-state index contributed by atoms with van der Waals surface area (Å²) in [5.41, 5.74) is 2.24. The predicted molar refractivity (Wildman–Crippen MR) is 25.0 cm³/mol. The third-order valence-corrected chi connectivity index (χ3v) is 0.587. The van der Waals surface area contributed by atoms with Gasteiger partial charge in [-0.05, 0) is 5.21 Å². The van der Waals surface area contributed by atoms with E-state index in [0.717, 1.165) is 0 Å². The minimum atomic E-state index is 1.21. The fourth-order valence-electron chi connectivity index (χ4n) is 0.319. The van der Waals surface area contributed by atoms with E-state index in [9.17, 15) is 0 Å². The summed E-state index contributed by atoms with van der Waals surface area (Å²) in [5.74, 6) is 0. The van der Waals surface area contributed by atoms with E-state index in [4.69, 9.17) is 5.26 Å². The Bertz CT molecular complexity index is 182. The van der Waals surface area contributed by atoms with Crippen LogP contribution in [0.3, 0.4) is 0 Å². The van der Waals surface area contributed by atoms with Crippen LogP contribution < -0.4 is 5.43 Å². The predicted octanol–water partition coefficient (Wildman–Crippen LogP) is -0.697. The van der Waals surface area contributed by atoms with Gasteiger partial charge in [0.1, 0.15) is 0 Å². The summed E-state index contributed by atoms with van der Waals surface area (Å²) in [4.78, 5) is 1.21. The number of nitrogens with zero attached hydrogens (tertiary/aromatic N) is 4. The Morgan fingerprint density at radius 1 is 1.75 bits per heavy atom. The van der Waals surface area contributed by atoms with Gasteiger partial charge < -0.3 is 0 Å². The van der Waals surface area contributed by atoms with Gasteiger partial charge in [-0.1, -0.05) is 0 Å². The topological polar surface area (TPSA) is 66.5 Å². The van der Waals surface area contributed by atoms with Crippen LogP contribution in [0.15, 0.2) is 12.4 Å². The maximum Gasteiger partial charge on any atom is 0.198 e. The van der Waals surface area contributed by atoms with Crippen LogP contribution in [0, 0.1) is 11.5 Å². The van der Waals surface area contributed by atoms with Gasteiger partial charge in [0.25, 0.3) is 0 Å². The van der Waals surface area contributed by atoms with E-state index in [1.165, 1.54) is 17.2 Å². The molecule has 0 amide bonds. The van der Waals surface area contributed by atoms with Crippen molar-refractivity contribution in [1.82, 2.24) is 15.1 Å². The number of aromatic nitrogens is 3. The maximum atomic E-state index is 7.99. The Hall–Kier alpha value is -1.57. The number of nitrogens with one attached hydrogen (secondary N) is 1. The molecule has 1 aromatic rings. The van der Waals surface area contributed by atoms with Crippen molar-refractivity contribution in [3.8, 4) is 6.19 Å². The highest BCUT2D eigenvalue weighted by Gasteiger charge is 1.80. The smallest absolute Gasteiger partial charge is 0.198 e. The lowest BCUT2D eigenvalue weighted by Gasteiger charge is -1.87. The number of hydrogen-bond donors (Lipinski definition) is 1. The van der Waals surface area contributed by atoms with E-state index >= 15 is 0 Å². The van der Waals surface area contributed by atoms with Crippen molar-refractivity contribution in [2.24, 2.45) is 0 Å². The summed E-state index contributed by atoms with van der Waals surface area (Å²) in [6.07, 6.45) is 4.69. The Kier molecular flexibility index (Phi) is 1.11. The molecule has 0 radical (unpaired) electrons. The van der Waals surface area contributed by atoms with Crippen molar-refractivity contribution in [1.29, 1.82) is 5.26 Å². The van der Waals surface area contributed by atoms with Crippen LogP contribution in [0.4, 0.5) is 0 Å². The summed E-state index contributed by atoms with van der Waals surface area (Å²) >= 11 is 0. The first-order valence-electron chi connectivity index (χ1n) is 1.95. The van der Waals surface area contributed by atoms with Crippen LogP contribution in [0.2, 0.25) is 0 Å². The highest BCUT2D eigenvalue weighted by molar-refractivity contribution is 4.84. The average molecular weight is 109 g/mol. The lowest BCUT2D eigenvalue weighted by atomic mass is 11.0. The minimum Gasteiger partial charge on any atom is -0.212 e. The van der Waals surface area contributed by atoms with Gasteiger partial charge >= 0.3 is 0 Å². The Morgan fingerprint density at radius 3 is 3.12 bits per heavy atom. The third kappa shape index (κ3) is 0.733. The van der Waals surface area contributed by atoms with Crippen molar-refractivity contribution in [2.45, 2.75) is 0 Å². The maximum absolute atomic E-state index is 7.99. The van der Waals surface area contributed by atoms with Gasteiger partial charge in [-0.15, -0.1) is 5.10 Å². The molecule has 0 saturated carbocycles. The molecule has 5 nitrogen and oxygen atoms in total. The molecular formula is C3H3N5. The molecule has 40 valence electrons. The van der Waals surface area contributed by atoms with E-state index in [1.807, 2.05) is 0 Å². The molecule has 1 rings (SSSR count). The zero-order chi connectivity index (χ0) is 5.82. The molecule has 1 aromatic heterocycles. The summed E-state index contributed by atoms with van der Waals surface area (Å²) in [7, 11) is 0. The second-order valence-corrected chi connectivity index (χ2v) is 1.07. The number of hydrogen-bond acceptors (Lipinski definition) is 4. The molecule has 0 fully saturated rings. The molecule has 0 aliphatic heterocycles. The zero-order valence-corrected chi connectivity index (χ0v) is 3.94. The molecule has 0 atom stereocenters. The van der Waals surface area contributed by atoms with Crippen molar-refractivity contribution in [3.63, 3.8) is 0 Å². The van der Waals surface area contributed by atoms with Crippen molar-refractivity contribution >= 4 is 0 Å². The van der Waals surface area contributed by atoms with Gasteiger partial charge in [0, 0.05) is 0 Å². The van der Waals surface area contributed by atoms with E-state index in [1.54, 1.807) is 6.19 Å². The van der Waals surface area contributed by atoms with Gasteiger partial charge in [-0.3, -0.25) is 0 Å². The van der Waals surface area contributed by atoms with Crippen LogP contribution in [0.5, 0.6) is 0 Å². The molecule has 0 aliphatic rings. The Labute approximate surface area is 45.5 Å². The summed E-state index contributed by atoms with van der Waals surface area (Å²) in [5, 5.41) is 14.9. The van der Waals surface area contributed by atoms with Crippen molar-refractivity contribution < 1.29 is 0 Å². The second-order valence-electron chi connectivity index (χ2n) is 1.07. The standard InChI is InChI=1S/C3H3N5/c4-3-6-8-2-1-5-7-8/h1-2,6H. The lowest BCUT2D eigenvalue weighted by Crippen LogP contribution is -2.08. The minimum absolute atomic E-state index is 1.21. The van der Waals surface area contributed by atoms with Crippen LogP contribution in [-0.2, 0) is 0 Å². The Balaban J connectivity index is 2.67. The summed E-state index contributed by atoms with van der Waals surface area (Å²) in [6, 6.07) is 0.